The van der Waals surface area contributed by atoms with E-state index in [0.29, 0.717) is 11.0 Å². The van der Waals surface area contributed by atoms with Crippen LogP contribution in [0.25, 0.3) is 0 Å². The van der Waals surface area contributed by atoms with Gasteiger partial charge in [0.05, 0.1) is 0 Å². The highest BCUT2D eigenvalue weighted by atomic mass is 35.5. The first-order valence-corrected chi connectivity index (χ1v) is 3.87. The Morgan fingerprint density at radius 3 is 1.78 bits per heavy atom. The van der Waals surface area contributed by atoms with Gasteiger partial charge in [-0.1, -0.05) is 48.7 Å². The molecule has 0 aromatic heterocycles. The molecule has 0 aliphatic carbocycles. The summed E-state index contributed by atoms with van der Waals surface area (Å²) in [5, 5.41) is 0.549. The molecule has 0 radical (unpaired) electrons. The zero-order valence-corrected chi connectivity index (χ0v) is 7.69. The lowest BCUT2D eigenvalue weighted by Gasteiger charge is -2.01. The van der Waals surface area contributed by atoms with Crippen LogP contribution in [0.15, 0.2) is 9.52 Å². The van der Waals surface area contributed by atoms with E-state index in [2.05, 4.69) is 13.8 Å². The standard InChI is InChI=1S/C6H9Cl3/c1-4(2)3-5(7)6(8)9/h4H,3H2,1-2H3. The highest BCUT2D eigenvalue weighted by molar-refractivity contribution is 6.59. The third-order valence-corrected chi connectivity index (χ3v) is 1.79. The first-order valence-electron chi connectivity index (χ1n) is 2.73. The van der Waals surface area contributed by atoms with E-state index in [4.69, 9.17) is 34.8 Å². The molecule has 0 atom stereocenters. The molecule has 0 aliphatic heterocycles. The summed E-state index contributed by atoms with van der Waals surface area (Å²) in [6, 6.07) is 0. The Hall–Kier alpha value is 0.610. The highest BCUT2D eigenvalue weighted by Crippen LogP contribution is 2.23. The first kappa shape index (κ1) is 9.61. The SMILES string of the molecule is CC(C)CC(Cl)=C(Cl)Cl. The number of rotatable bonds is 2. The molecule has 0 saturated heterocycles. The van der Waals surface area contributed by atoms with E-state index in [-0.39, 0.29) is 4.49 Å². The normalized spacial score (nSPS) is 10.0. The molecule has 54 valence electrons. The van der Waals surface area contributed by atoms with Crippen LogP contribution < -0.4 is 0 Å². The maximum Gasteiger partial charge on any atom is 0.121 e. The Morgan fingerprint density at radius 1 is 1.22 bits per heavy atom. The Kier molecular flexibility index (Phi) is 4.73. The van der Waals surface area contributed by atoms with Crippen molar-refractivity contribution in [2.45, 2.75) is 20.3 Å². The van der Waals surface area contributed by atoms with Crippen molar-refractivity contribution in [1.82, 2.24) is 0 Å². The summed E-state index contributed by atoms with van der Waals surface area (Å²) in [5.74, 6) is 0.505. The van der Waals surface area contributed by atoms with Gasteiger partial charge >= 0.3 is 0 Å². The van der Waals surface area contributed by atoms with Crippen LogP contribution in [0.1, 0.15) is 20.3 Å². The van der Waals surface area contributed by atoms with E-state index >= 15 is 0 Å². The topological polar surface area (TPSA) is 0 Å². The molecule has 0 nitrogen and oxygen atoms in total. The van der Waals surface area contributed by atoms with Crippen molar-refractivity contribution in [3.8, 4) is 0 Å². The lowest BCUT2D eigenvalue weighted by Crippen LogP contribution is -1.85. The van der Waals surface area contributed by atoms with Crippen LogP contribution in [0.5, 0.6) is 0 Å². The van der Waals surface area contributed by atoms with Gasteiger partial charge in [0.1, 0.15) is 4.49 Å². The van der Waals surface area contributed by atoms with E-state index in [0.717, 1.165) is 6.42 Å². The summed E-state index contributed by atoms with van der Waals surface area (Å²) < 4.78 is 0.186. The van der Waals surface area contributed by atoms with Crippen molar-refractivity contribution < 1.29 is 0 Å². The van der Waals surface area contributed by atoms with Crippen LogP contribution in [0.3, 0.4) is 0 Å². The van der Waals surface area contributed by atoms with Crippen LogP contribution in [-0.2, 0) is 0 Å². The van der Waals surface area contributed by atoms with E-state index in [1.54, 1.807) is 0 Å². The number of halogens is 3. The maximum absolute atomic E-state index is 5.63. The predicted octanol–water partition coefficient (Wildman–Crippen LogP) is 3.92. The number of hydrogen-bond acceptors (Lipinski definition) is 0. The molecule has 0 spiro atoms. The predicted molar refractivity (Wildman–Crippen MR) is 44.0 cm³/mol. The van der Waals surface area contributed by atoms with E-state index in [1.165, 1.54) is 0 Å². The molecule has 0 unspecified atom stereocenters. The molecule has 9 heavy (non-hydrogen) atoms. The molecule has 0 amide bonds. The fourth-order valence-electron chi connectivity index (χ4n) is 0.436. The molecule has 0 aromatic rings. The van der Waals surface area contributed by atoms with Crippen molar-refractivity contribution in [3.05, 3.63) is 9.52 Å². The second-order valence-corrected chi connectivity index (χ2v) is 3.67. The van der Waals surface area contributed by atoms with E-state index in [9.17, 15) is 0 Å². The summed E-state index contributed by atoms with van der Waals surface area (Å²) in [5.41, 5.74) is 0. The fraction of sp³-hybridized carbons (Fsp3) is 0.667. The largest absolute Gasteiger partial charge is 0.121 e. The van der Waals surface area contributed by atoms with Gasteiger partial charge in [-0.3, -0.25) is 0 Å². The molecule has 0 bridgehead atoms. The van der Waals surface area contributed by atoms with Crippen molar-refractivity contribution in [3.63, 3.8) is 0 Å². The minimum absolute atomic E-state index is 0.186. The molecule has 0 aromatic carbocycles. The maximum atomic E-state index is 5.63. The zero-order valence-electron chi connectivity index (χ0n) is 5.42. The number of allylic oxidation sites excluding steroid dienone is 1. The Labute approximate surface area is 70.8 Å². The van der Waals surface area contributed by atoms with Crippen molar-refractivity contribution in [2.24, 2.45) is 5.92 Å². The molecule has 0 saturated carbocycles. The molecule has 0 aliphatic rings. The van der Waals surface area contributed by atoms with Crippen molar-refractivity contribution in [2.75, 3.05) is 0 Å². The van der Waals surface area contributed by atoms with Crippen molar-refractivity contribution in [1.29, 1.82) is 0 Å². The van der Waals surface area contributed by atoms with Gasteiger partial charge in [0.15, 0.2) is 0 Å². The van der Waals surface area contributed by atoms with Crippen LogP contribution >= 0.6 is 34.8 Å². The second kappa shape index (κ2) is 4.43. The summed E-state index contributed by atoms with van der Waals surface area (Å²) in [4.78, 5) is 0. The fourth-order valence-corrected chi connectivity index (χ4v) is 0.898. The molecule has 3 heteroatoms. The van der Waals surface area contributed by atoms with Gasteiger partial charge in [-0.2, -0.15) is 0 Å². The van der Waals surface area contributed by atoms with Crippen LogP contribution in [-0.4, -0.2) is 0 Å². The molecule has 0 N–H and O–H groups in total. The smallest absolute Gasteiger partial charge is 0.0865 e. The van der Waals surface area contributed by atoms with Crippen LogP contribution in [0, 0.1) is 5.92 Å². The van der Waals surface area contributed by atoms with Gasteiger partial charge in [0.25, 0.3) is 0 Å². The zero-order chi connectivity index (χ0) is 7.44. The van der Waals surface area contributed by atoms with E-state index < -0.39 is 0 Å². The number of hydrogen-bond donors (Lipinski definition) is 0. The Bertz CT molecular complexity index is 111. The van der Waals surface area contributed by atoms with Gasteiger partial charge in [0, 0.05) is 5.03 Å². The highest BCUT2D eigenvalue weighted by Gasteiger charge is 2.01. The summed E-state index contributed by atoms with van der Waals surface area (Å²) >= 11 is 16.4. The average molecular weight is 187 g/mol. The molecular weight excluding hydrogens is 178 g/mol. The monoisotopic (exact) mass is 186 g/mol. The molecule has 0 rings (SSSR count). The summed E-state index contributed by atoms with van der Waals surface area (Å²) in [6.45, 7) is 4.11. The summed E-state index contributed by atoms with van der Waals surface area (Å²) in [6.07, 6.45) is 0.754. The van der Waals surface area contributed by atoms with Gasteiger partial charge in [-0.25, -0.2) is 0 Å². The van der Waals surface area contributed by atoms with Crippen LogP contribution in [0.4, 0.5) is 0 Å². The van der Waals surface area contributed by atoms with E-state index in [1.807, 2.05) is 0 Å². The minimum atomic E-state index is 0.186. The van der Waals surface area contributed by atoms with Gasteiger partial charge in [-0.15, -0.1) is 0 Å². The summed E-state index contributed by atoms with van der Waals surface area (Å²) in [7, 11) is 0. The average Bonchev–Trinajstić information content (AvgIpc) is 1.63. The third kappa shape index (κ3) is 5.07. The lowest BCUT2D eigenvalue weighted by atomic mass is 10.1. The molecule has 0 fully saturated rings. The molecular formula is C6H9Cl3. The third-order valence-electron chi connectivity index (χ3n) is 0.793. The minimum Gasteiger partial charge on any atom is -0.0865 e. The van der Waals surface area contributed by atoms with Gasteiger partial charge in [-0.05, 0) is 12.3 Å². The first-order chi connectivity index (χ1) is 4.04. The van der Waals surface area contributed by atoms with Crippen molar-refractivity contribution >= 4 is 34.8 Å². The quantitative estimate of drug-likeness (QED) is 0.615. The van der Waals surface area contributed by atoms with Gasteiger partial charge in [0.2, 0.25) is 0 Å². The lowest BCUT2D eigenvalue weighted by molar-refractivity contribution is 0.657. The van der Waals surface area contributed by atoms with Crippen LogP contribution in [0.2, 0.25) is 0 Å². The second-order valence-electron chi connectivity index (χ2n) is 2.26. The Balaban J connectivity index is 3.77. The Morgan fingerprint density at radius 2 is 1.67 bits per heavy atom. The molecule has 0 heterocycles. The van der Waals surface area contributed by atoms with Gasteiger partial charge < -0.3 is 0 Å².